The summed E-state index contributed by atoms with van der Waals surface area (Å²) in [6.07, 6.45) is 1.06. The van der Waals surface area contributed by atoms with E-state index in [0.717, 1.165) is 24.3 Å². The number of rotatable bonds is 3. The molecule has 1 aliphatic heterocycles. The zero-order valence-corrected chi connectivity index (χ0v) is 12.2. The molecule has 2 N–H and O–H groups in total. The van der Waals surface area contributed by atoms with Gasteiger partial charge in [0, 0.05) is 25.5 Å². The van der Waals surface area contributed by atoms with Gasteiger partial charge in [0.15, 0.2) is 0 Å². The van der Waals surface area contributed by atoms with Crippen molar-refractivity contribution in [3.05, 3.63) is 23.8 Å². The minimum atomic E-state index is -0.0656. The van der Waals surface area contributed by atoms with Crippen molar-refractivity contribution in [2.45, 2.75) is 26.3 Å². The first kappa shape index (κ1) is 13.9. The molecular formula is C15H23N3O. The van der Waals surface area contributed by atoms with E-state index >= 15 is 0 Å². The second-order valence-corrected chi connectivity index (χ2v) is 5.58. The average Bonchev–Trinajstić information content (AvgIpc) is 2.77. The molecule has 1 aromatic carbocycles. The molecule has 0 aromatic heterocycles. The maximum absolute atomic E-state index is 12.2. The van der Waals surface area contributed by atoms with E-state index in [-0.39, 0.29) is 11.9 Å². The van der Waals surface area contributed by atoms with E-state index < -0.39 is 0 Å². The lowest BCUT2D eigenvalue weighted by atomic mass is 10.0. The van der Waals surface area contributed by atoms with Gasteiger partial charge in [-0.05, 0) is 43.5 Å². The van der Waals surface area contributed by atoms with Crippen LogP contribution in [0.15, 0.2) is 18.2 Å². The van der Waals surface area contributed by atoms with Crippen molar-refractivity contribution in [2.24, 2.45) is 5.92 Å². The Labute approximate surface area is 115 Å². The van der Waals surface area contributed by atoms with Gasteiger partial charge in [-0.1, -0.05) is 13.0 Å². The van der Waals surface area contributed by atoms with Gasteiger partial charge in [0.1, 0.15) is 0 Å². The first-order valence-corrected chi connectivity index (χ1v) is 6.81. The Balaban J connectivity index is 2.11. The largest absolute Gasteiger partial charge is 0.377 e. The number of benzene rings is 1. The monoisotopic (exact) mass is 261 g/mol. The minimum absolute atomic E-state index is 0.0656. The van der Waals surface area contributed by atoms with Crippen LogP contribution in [0.3, 0.4) is 0 Å². The zero-order chi connectivity index (χ0) is 14.0. The van der Waals surface area contributed by atoms with Crippen molar-refractivity contribution in [3.63, 3.8) is 0 Å². The topological polar surface area (TPSA) is 44.4 Å². The van der Waals surface area contributed by atoms with Gasteiger partial charge in [0.05, 0.1) is 6.04 Å². The second-order valence-electron chi connectivity index (χ2n) is 5.58. The van der Waals surface area contributed by atoms with Gasteiger partial charge in [0.25, 0.3) is 0 Å². The summed E-state index contributed by atoms with van der Waals surface area (Å²) in [6, 6.07) is 5.95. The molecule has 1 saturated heterocycles. The van der Waals surface area contributed by atoms with Crippen molar-refractivity contribution < 1.29 is 4.79 Å². The van der Waals surface area contributed by atoms with Gasteiger partial charge >= 0.3 is 0 Å². The van der Waals surface area contributed by atoms with Crippen LogP contribution in [0.4, 0.5) is 11.4 Å². The molecule has 1 aliphatic rings. The van der Waals surface area contributed by atoms with Gasteiger partial charge in [0.2, 0.25) is 5.91 Å². The molecule has 0 aliphatic carbocycles. The van der Waals surface area contributed by atoms with Gasteiger partial charge in [-0.3, -0.25) is 4.79 Å². The first-order valence-electron chi connectivity index (χ1n) is 6.81. The maximum atomic E-state index is 12.2. The Hall–Kier alpha value is -1.55. The number of carbonyl (C=O) groups is 1. The van der Waals surface area contributed by atoms with Crippen molar-refractivity contribution in [2.75, 3.05) is 30.9 Å². The standard InChI is InChI=1S/C15H23N3O/c1-10-5-6-12(9-13(10)18(3)4)17-15(19)14-11(2)7-8-16-14/h5-6,9,11,14,16H,7-8H2,1-4H3,(H,17,19). The Morgan fingerprint density at radius 3 is 2.74 bits per heavy atom. The Kier molecular flexibility index (Phi) is 4.10. The van der Waals surface area contributed by atoms with Gasteiger partial charge < -0.3 is 15.5 Å². The predicted octanol–water partition coefficient (Wildman–Crippen LogP) is 2.00. The number of hydrogen-bond donors (Lipinski definition) is 2. The fraction of sp³-hybridized carbons (Fsp3) is 0.533. The van der Waals surface area contributed by atoms with Crippen LogP contribution >= 0.6 is 0 Å². The second kappa shape index (κ2) is 5.61. The normalized spacial score (nSPS) is 22.3. The van der Waals surface area contributed by atoms with Crippen LogP contribution in [0.5, 0.6) is 0 Å². The third-order valence-corrected chi connectivity index (χ3v) is 3.77. The summed E-state index contributed by atoms with van der Waals surface area (Å²) in [7, 11) is 4.02. The minimum Gasteiger partial charge on any atom is -0.377 e. The summed E-state index contributed by atoms with van der Waals surface area (Å²) < 4.78 is 0. The lowest BCUT2D eigenvalue weighted by molar-refractivity contribution is -0.118. The Bertz CT molecular complexity index is 470. The quantitative estimate of drug-likeness (QED) is 0.874. The van der Waals surface area contributed by atoms with E-state index in [1.54, 1.807) is 0 Å². The maximum Gasteiger partial charge on any atom is 0.241 e. The van der Waals surface area contributed by atoms with E-state index in [1.165, 1.54) is 5.56 Å². The van der Waals surface area contributed by atoms with Gasteiger partial charge in [-0.25, -0.2) is 0 Å². The van der Waals surface area contributed by atoms with Crippen molar-refractivity contribution in [3.8, 4) is 0 Å². The first-order chi connectivity index (χ1) is 8.99. The number of aryl methyl sites for hydroxylation is 1. The number of nitrogens with zero attached hydrogens (tertiary/aromatic N) is 1. The molecule has 2 atom stereocenters. The van der Waals surface area contributed by atoms with Crippen molar-refractivity contribution in [1.29, 1.82) is 0 Å². The van der Waals surface area contributed by atoms with E-state index in [4.69, 9.17) is 0 Å². The Morgan fingerprint density at radius 2 is 2.16 bits per heavy atom. The fourth-order valence-electron chi connectivity index (χ4n) is 2.57. The molecule has 1 aromatic rings. The number of amides is 1. The van der Waals surface area contributed by atoms with Crippen LogP contribution in [0.2, 0.25) is 0 Å². The molecule has 1 fully saturated rings. The summed E-state index contributed by atoms with van der Waals surface area (Å²) in [5.74, 6) is 0.470. The highest BCUT2D eigenvalue weighted by Gasteiger charge is 2.29. The third-order valence-electron chi connectivity index (χ3n) is 3.77. The SMILES string of the molecule is Cc1ccc(NC(=O)C2NCCC2C)cc1N(C)C. The summed E-state index contributed by atoms with van der Waals surface area (Å²) in [5.41, 5.74) is 3.20. The summed E-state index contributed by atoms with van der Waals surface area (Å²) >= 11 is 0. The number of carbonyl (C=O) groups excluding carboxylic acids is 1. The van der Waals surface area contributed by atoms with E-state index in [2.05, 4.69) is 29.4 Å². The van der Waals surface area contributed by atoms with Crippen LogP contribution in [-0.4, -0.2) is 32.6 Å². The smallest absolute Gasteiger partial charge is 0.241 e. The van der Waals surface area contributed by atoms with Crippen LogP contribution in [0.25, 0.3) is 0 Å². The zero-order valence-electron chi connectivity index (χ0n) is 12.2. The lowest BCUT2D eigenvalue weighted by Crippen LogP contribution is -2.39. The van der Waals surface area contributed by atoms with E-state index in [0.29, 0.717) is 5.92 Å². The highest BCUT2D eigenvalue weighted by atomic mass is 16.2. The lowest BCUT2D eigenvalue weighted by Gasteiger charge is -2.19. The fourth-order valence-corrected chi connectivity index (χ4v) is 2.57. The van der Waals surface area contributed by atoms with Gasteiger partial charge in [-0.2, -0.15) is 0 Å². The van der Waals surface area contributed by atoms with Crippen molar-refractivity contribution >= 4 is 17.3 Å². The molecule has 0 spiro atoms. The highest BCUT2D eigenvalue weighted by Crippen LogP contribution is 2.23. The van der Waals surface area contributed by atoms with Crippen LogP contribution < -0.4 is 15.5 Å². The number of hydrogen-bond acceptors (Lipinski definition) is 3. The molecule has 0 bridgehead atoms. The molecule has 4 nitrogen and oxygen atoms in total. The highest BCUT2D eigenvalue weighted by molar-refractivity contribution is 5.95. The molecule has 1 heterocycles. The molecule has 0 saturated carbocycles. The molecule has 0 radical (unpaired) electrons. The molecule has 4 heteroatoms. The number of anilines is 2. The number of nitrogens with one attached hydrogen (secondary N) is 2. The summed E-state index contributed by atoms with van der Waals surface area (Å²) in [4.78, 5) is 14.3. The summed E-state index contributed by atoms with van der Waals surface area (Å²) in [5, 5.41) is 6.26. The van der Waals surface area contributed by atoms with Gasteiger partial charge in [-0.15, -0.1) is 0 Å². The molecule has 2 unspecified atom stereocenters. The molecule has 104 valence electrons. The predicted molar refractivity (Wildman–Crippen MR) is 79.7 cm³/mol. The van der Waals surface area contributed by atoms with E-state index in [9.17, 15) is 4.79 Å². The third kappa shape index (κ3) is 3.07. The van der Waals surface area contributed by atoms with Crippen molar-refractivity contribution in [1.82, 2.24) is 5.32 Å². The van der Waals surface area contributed by atoms with E-state index in [1.807, 2.05) is 32.3 Å². The van der Waals surface area contributed by atoms with Crippen LogP contribution in [0.1, 0.15) is 18.9 Å². The molecule has 2 rings (SSSR count). The molecule has 19 heavy (non-hydrogen) atoms. The summed E-state index contributed by atoms with van der Waals surface area (Å²) in [6.45, 7) is 5.11. The average molecular weight is 261 g/mol. The van der Waals surface area contributed by atoms with Crippen LogP contribution in [-0.2, 0) is 4.79 Å². The van der Waals surface area contributed by atoms with Crippen LogP contribution in [0, 0.1) is 12.8 Å². The Morgan fingerprint density at radius 1 is 1.42 bits per heavy atom. The molecule has 1 amide bonds. The molecular weight excluding hydrogens is 238 g/mol.